The number of halogens is 1. The van der Waals surface area contributed by atoms with Crippen LogP contribution in [-0.2, 0) is 6.54 Å². The van der Waals surface area contributed by atoms with Gasteiger partial charge in [-0.25, -0.2) is 15.0 Å². The van der Waals surface area contributed by atoms with Crippen LogP contribution in [0, 0.1) is 0 Å². The molecule has 1 fully saturated rings. The van der Waals surface area contributed by atoms with E-state index < -0.39 is 0 Å². The van der Waals surface area contributed by atoms with Crippen molar-refractivity contribution in [3.05, 3.63) is 66.9 Å². The van der Waals surface area contributed by atoms with E-state index in [9.17, 15) is 0 Å². The number of rotatable bonds is 7. The maximum Gasteiger partial charge on any atom is 0.191 e. The Labute approximate surface area is 206 Å². The Kier molecular flexibility index (Phi) is 8.72. The summed E-state index contributed by atoms with van der Waals surface area (Å²) in [7, 11) is 1.72. The van der Waals surface area contributed by atoms with Crippen molar-refractivity contribution in [2.75, 3.05) is 31.6 Å². The van der Waals surface area contributed by atoms with E-state index in [-0.39, 0.29) is 24.0 Å². The predicted octanol–water partition coefficient (Wildman–Crippen LogP) is 3.23. The maximum absolute atomic E-state index is 5.53. The van der Waals surface area contributed by atoms with E-state index in [2.05, 4.69) is 44.6 Å². The van der Waals surface area contributed by atoms with Gasteiger partial charge in [0.15, 0.2) is 5.96 Å². The molecule has 1 unspecified atom stereocenters. The lowest BCUT2D eigenvalue weighted by atomic mass is 10.2. The molecule has 0 saturated carbocycles. The minimum absolute atomic E-state index is 0. The average molecular weight is 547 g/mol. The van der Waals surface area contributed by atoms with Gasteiger partial charge in [0.2, 0.25) is 0 Å². The average Bonchev–Trinajstić information content (AvgIpc) is 3.50. The molecule has 2 aromatic heterocycles. The van der Waals surface area contributed by atoms with Crippen LogP contribution in [0.3, 0.4) is 0 Å². The van der Waals surface area contributed by atoms with Gasteiger partial charge in [0.05, 0.1) is 19.3 Å². The number of aromatic nitrogens is 3. The zero-order valence-electron chi connectivity index (χ0n) is 18.4. The van der Waals surface area contributed by atoms with Crippen LogP contribution in [0.15, 0.2) is 66.3 Å². The van der Waals surface area contributed by atoms with Crippen LogP contribution in [0.2, 0.25) is 0 Å². The number of guanidine groups is 1. The minimum atomic E-state index is 0. The second-order valence-electron chi connectivity index (χ2n) is 7.44. The molecule has 0 radical (unpaired) electrons. The molecule has 8 nitrogen and oxygen atoms in total. The first-order valence-corrected chi connectivity index (χ1v) is 10.6. The van der Waals surface area contributed by atoms with Gasteiger partial charge < -0.3 is 20.3 Å². The molecule has 0 amide bonds. The van der Waals surface area contributed by atoms with Crippen molar-refractivity contribution >= 4 is 35.6 Å². The quantitative estimate of drug-likeness (QED) is 0.269. The molecule has 1 aromatic carbocycles. The SMILES string of the molecule is CCNC(=NCc1ccnc(-n2ccnc2)c1)NC1CCN(c2ccccc2OC)C1.I. The summed E-state index contributed by atoms with van der Waals surface area (Å²) in [5, 5.41) is 6.96. The normalized spacial score (nSPS) is 15.9. The topological polar surface area (TPSA) is 79.6 Å². The lowest BCUT2D eigenvalue weighted by Gasteiger charge is -2.22. The highest BCUT2D eigenvalue weighted by Crippen LogP contribution is 2.30. The van der Waals surface area contributed by atoms with E-state index in [0.29, 0.717) is 12.6 Å². The third-order valence-corrected chi connectivity index (χ3v) is 5.30. The van der Waals surface area contributed by atoms with E-state index in [0.717, 1.165) is 54.8 Å². The maximum atomic E-state index is 5.53. The number of imidazole rings is 1. The summed E-state index contributed by atoms with van der Waals surface area (Å²) in [4.78, 5) is 15.7. The van der Waals surface area contributed by atoms with Crippen molar-refractivity contribution in [2.24, 2.45) is 4.99 Å². The number of aliphatic imine (C=N–C) groups is 1. The highest BCUT2D eigenvalue weighted by molar-refractivity contribution is 14.0. The molecule has 0 spiro atoms. The molecule has 1 atom stereocenters. The first-order chi connectivity index (χ1) is 15.3. The number of pyridine rings is 1. The van der Waals surface area contributed by atoms with E-state index >= 15 is 0 Å². The lowest BCUT2D eigenvalue weighted by molar-refractivity contribution is 0.415. The summed E-state index contributed by atoms with van der Waals surface area (Å²) >= 11 is 0. The minimum Gasteiger partial charge on any atom is -0.495 e. The van der Waals surface area contributed by atoms with Gasteiger partial charge in [0.1, 0.15) is 17.9 Å². The molecule has 1 aliphatic heterocycles. The number of ether oxygens (including phenoxy) is 1. The highest BCUT2D eigenvalue weighted by Gasteiger charge is 2.25. The molecule has 170 valence electrons. The third-order valence-electron chi connectivity index (χ3n) is 5.30. The predicted molar refractivity (Wildman–Crippen MR) is 138 cm³/mol. The van der Waals surface area contributed by atoms with Gasteiger partial charge in [-0.1, -0.05) is 12.1 Å². The second kappa shape index (κ2) is 11.7. The summed E-state index contributed by atoms with van der Waals surface area (Å²) in [6.07, 6.45) is 8.23. The number of nitrogens with zero attached hydrogens (tertiary/aromatic N) is 5. The molecule has 1 saturated heterocycles. The summed E-state index contributed by atoms with van der Waals surface area (Å²) in [5.41, 5.74) is 2.23. The fourth-order valence-electron chi connectivity index (χ4n) is 3.77. The van der Waals surface area contributed by atoms with Gasteiger partial charge in [-0.2, -0.15) is 0 Å². The van der Waals surface area contributed by atoms with Gasteiger partial charge in [0, 0.05) is 44.3 Å². The number of anilines is 1. The van der Waals surface area contributed by atoms with Gasteiger partial charge in [-0.3, -0.25) is 4.57 Å². The molecular formula is C23H30IN7O. The van der Waals surface area contributed by atoms with Crippen molar-refractivity contribution in [1.29, 1.82) is 0 Å². The van der Waals surface area contributed by atoms with Gasteiger partial charge in [-0.05, 0) is 43.2 Å². The Morgan fingerprint density at radius 2 is 2.12 bits per heavy atom. The van der Waals surface area contributed by atoms with E-state index in [1.807, 2.05) is 41.2 Å². The van der Waals surface area contributed by atoms with Gasteiger partial charge in [0.25, 0.3) is 0 Å². The number of methoxy groups -OCH3 is 1. The van der Waals surface area contributed by atoms with Crippen molar-refractivity contribution in [3.8, 4) is 11.6 Å². The van der Waals surface area contributed by atoms with E-state index in [4.69, 9.17) is 9.73 Å². The molecule has 2 N–H and O–H groups in total. The zero-order chi connectivity index (χ0) is 21.5. The van der Waals surface area contributed by atoms with Crippen molar-refractivity contribution in [1.82, 2.24) is 25.2 Å². The fourth-order valence-corrected chi connectivity index (χ4v) is 3.77. The van der Waals surface area contributed by atoms with Crippen LogP contribution < -0.4 is 20.3 Å². The molecule has 0 aliphatic carbocycles. The monoisotopic (exact) mass is 547 g/mol. The summed E-state index contributed by atoms with van der Waals surface area (Å²) in [6, 6.07) is 12.5. The summed E-state index contributed by atoms with van der Waals surface area (Å²) in [6.45, 7) is 5.35. The standard InChI is InChI=1S/C23H29N7O.HI/c1-3-25-23(27-15-18-8-10-26-22(14-18)30-13-11-24-17-30)28-19-9-12-29(16-19)20-6-4-5-7-21(20)31-2;/h4-8,10-11,13-14,17,19H,3,9,12,15-16H2,1-2H3,(H2,25,27,28);1H. The van der Waals surface area contributed by atoms with Crippen molar-refractivity contribution in [3.63, 3.8) is 0 Å². The molecule has 3 aromatic rings. The van der Waals surface area contributed by atoms with Crippen molar-refractivity contribution in [2.45, 2.75) is 25.9 Å². The molecule has 9 heteroatoms. The Bertz CT molecular complexity index is 1010. The van der Waals surface area contributed by atoms with Crippen LogP contribution in [0.4, 0.5) is 5.69 Å². The lowest BCUT2D eigenvalue weighted by Crippen LogP contribution is -2.44. The molecule has 3 heterocycles. The number of hydrogen-bond donors (Lipinski definition) is 2. The van der Waals surface area contributed by atoms with Crippen LogP contribution in [0.5, 0.6) is 5.75 Å². The highest BCUT2D eigenvalue weighted by atomic mass is 127. The Hall–Kier alpha value is -2.82. The summed E-state index contributed by atoms with van der Waals surface area (Å²) in [5.74, 6) is 2.58. The molecule has 0 bridgehead atoms. The molecule has 4 rings (SSSR count). The van der Waals surface area contributed by atoms with Crippen LogP contribution in [-0.4, -0.2) is 53.3 Å². The third kappa shape index (κ3) is 5.90. The first-order valence-electron chi connectivity index (χ1n) is 10.6. The number of benzene rings is 1. The second-order valence-corrected chi connectivity index (χ2v) is 7.44. The van der Waals surface area contributed by atoms with E-state index in [1.165, 1.54) is 0 Å². The molecule has 32 heavy (non-hydrogen) atoms. The summed E-state index contributed by atoms with van der Waals surface area (Å²) < 4.78 is 7.42. The largest absolute Gasteiger partial charge is 0.495 e. The fraction of sp³-hybridized carbons (Fsp3) is 0.348. The van der Waals surface area contributed by atoms with Gasteiger partial charge >= 0.3 is 0 Å². The number of para-hydroxylation sites is 2. The first kappa shape index (κ1) is 23.8. The zero-order valence-corrected chi connectivity index (χ0v) is 20.8. The Balaban J connectivity index is 0.00000289. The smallest absolute Gasteiger partial charge is 0.191 e. The molecular weight excluding hydrogens is 517 g/mol. The van der Waals surface area contributed by atoms with Crippen LogP contribution in [0.25, 0.3) is 5.82 Å². The number of hydrogen-bond acceptors (Lipinski definition) is 5. The van der Waals surface area contributed by atoms with Crippen LogP contribution in [0.1, 0.15) is 18.9 Å². The van der Waals surface area contributed by atoms with Crippen molar-refractivity contribution < 1.29 is 4.74 Å². The Morgan fingerprint density at radius 3 is 2.91 bits per heavy atom. The number of nitrogens with one attached hydrogen (secondary N) is 2. The Morgan fingerprint density at radius 1 is 1.25 bits per heavy atom. The van der Waals surface area contributed by atoms with Gasteiger partial charge in [-0.15, -0.1) is 24.0 Å². The van der Waals surface area contributed by atoms with E-state index in [1.54, 1.807) is 19.6 Å². The van der Waals surface area contributed by atoms with Crippen LogP contribution >= 0.6 is 24.0 Å². The molecule has 1 aliphatic rings.